The second-order valence-electron chi connectivity index (χ2n) is 5.03. The molecule has 0 aromatic carbocycles. The molecule has 5 nitrogen and oxygen atoms in total. The molecule has 0 amide bonds. The van der Waals surface area contributed by atoms with Crippen LogP contribution in [0.2, 0.25) is 0 Å². The molecule has 0 radical (unpaired) electrons. The van der Waals surface area contributed by atoms with Crippen molar-refractivity contribution < 1.29 is 15.0 Å². The van der Waals surface area contributed by atoms with E-state index in [1.165, 1.54) is 6.07 Å². The number of fused-ring (bicyclic) bond motifs is 1. The summed E-state index contributed by atoms with van der Waals surface area (Å²) < 4.78 is 0. The average molecular weight is 250 g/mol. The van der Waals surface area contributed by atoms with E-state index in [-0.39, 0.29) is 17.7 Å². The number of aromatic nitrogens is 1. The predicted molar refractivity (Wildman–Crippen MR) is 66.4 cm³/mol. The number of nitrogens with zero attached hydrogens (tertiary/aromatic N) is 1. The van der Waals surface area contributed by atoms with Gasteiger partial charge in [-0.1, -0.05) is 19.9 Å². The Morgan fingerprint density at radius 1 is 1.50 bits per heavy atom. The number of hydrogen-bond donors (Lipinski definition) is 3. The van der Waals surface area contributed by atoms with Crippen LogP contribution in [0.15, 0.2) is 12.1 Å². The Morgan fingerprint density at radius 2 is 2.22 bits per heavy atom. The smallest absolute Gasteiger partial charge is 0.354 e. The topological polar surface area (TPSA) is 82.5 Å². The highest BCUT2D eigenvalue weighted by molar-refractivity contribution is 5.85. The Labute approximate surface area is 106 Å². The maximum Gasteiger partial charge on any atom is 0.354 e. The summed E-state index contributed by atoms with van der Waals surface area (Å²) in [5, 5.41) is 22.2. The molecule has 2 atom stereocenters. The van der Waals surface area contributed by atoms with Gasteiger partial charge in [-0.2, -0.15) is 0 Å². The van der Waals surface area contributed by atoms with Gasteiger partial charge >= 0.3 is 5.97 Å². The molecule has 1 aromatic rings. The highest BCUT2D eigenvalue weighted by Gasteiger charge is 2.27. The van der Waals surface area contributed by atoms with Crippen LogP contribution in [0.1, 0.15) is 35.6 Å². The van der Waals surface area contributed by atoms with Gasteiger partial charge in [-0.3, -0.25) is 0 Å². The first kappa shape index (κ1) is 13.0. The van der Waals surface area contributed by atoms with Gasteiger partial charge in [-0.05, 0) is 17.5 Å². The summed E-state index contributed by atoms with van der Waals surface area (Å²) in [5.74, 6) is -0.857. The molecule has 0 saturated heterocycles. The van der Waals surface area contributed by atoms with Gasteiger partial charge in [-0.25, -0.2) is 9.78 Å². The zero-order valence-corrected chi connectivity index (χ0v) is 10.6. The predicted octanol–water partition coefficient (Wildman–Crippen LogP) is 0.811. The summed E-state index contributed by atoms with van der Waals surface area (Å²) in [5.41, 5.74) is 1.85. The van der Waals surface area contributed by atoms with Crippen LogP contribution >= 0.6 is 0 Å². The quantitative estimate of drug-likeness (QED) is 0.739. The monoisotopic (exact) mass is 250 g/mol. The lowest BCUT2D eigenvalue weighted by Crippen LogP contribution is -2.46. The number of carbonyl (C=O) groups is 1. The number of nitrogens with one attached hydrogen (secondary N) is 1. The summed E-state index contributed by atoms with van der Waals surface area (Å²) in [4.78, 5) is 15.0. The van der Waals surface area contributed by atoms with E-state index in [0.717, 1.165) is 11.3 Å². The van der Waals surface area contributed by atoms with Gasteiger partial charge in [0.2, 0.25) is 0 Å². The molecule has 5 heteroatoms. The highest BCUT2D eigenvalue weighted by atomic mass is 16.4. The molecule has 0 aliphatic carbocycles. The van der Waals surface area contributed by atoms with Gasteiger partial charge in [0.25, 0.3) is 0 Å². The lowest BCUT2D eigenvalue weighted by molar-refractivity contribution is 0.0688. The molecule has 1 aliphatic rings. The largest absolute Gasteiger partial charge is 0.477 e. The molecule has 0 bridgehead atoms. The lowest BCUT2D eigenvalue weighted by atomic mass is 9.91. The Balaban J connectivity index is 2.22. The van der Waals surface area contributed by atoms with E-state index in [1.54, 1.807) is 6.07 Å². The van der Waals surface area contributed by atoms with Crippen molar-refractivity contribution in [3.63, 3.8) is 0 Å². The average Bonchev–Trinajstić information content (AvgIpc) is 2.36. The summed E-state index contributed by atoms with van der Waals surface area (Å²) >= 11 is 0. The first-order valence-corrected chi connectivity index (χ1v) is 6.12. The molecule has 98 valence electrons. The minimum atomic E-state index is -1.02. The lowest BCUT2D eigenvalue weighted by Gasteiger charge is -2.31. The number of aliphatic hydroxyl groups excluding tert-OH is 1. The van der Waals surface area contributed by atoms with Gasteiger partial charge in [0.1, 0.15) is 5.69 Å². The third-order valence-corrected chi connectivity index (χ3v) is 3.35. The van der Waals surface area contributed by atoms with Crippen molar-refractivity contribution in [1.82, 2.24) is 10.3 Å². The van der Waals surface area contributed by atoms with Crippen LogP contribution in [0.4, 0.5) is 0 Å². The number of aromatic carboxylic acids is 1. The van der Waals surface area contributed by atoms with E-state index >= 15 is 0 Å². The molecule has 0 spiro atoms. The molecule has 2 rings (SSSR count). The van der Waals surface area contributed by atoms with Crippen LogP contribution in [0.25, 0.3) is 0 Å². The van der Waals surface area contributed by atoms with Crippen molar-refractivity contribution in [2.75, 3.05) is 0 Å². The summed E-state index contributed by atoms with van der Waals surface area (Å²) in [6.07, 6.45) is 0.115. The fraction of sp³-hybridized carbons (Fsp3) is 0.538. The summed E-state index contributed by atoms with van der Waals surface area (Å²) in [6.45, 7) is 4.54. The number of aliphatic hydroxyl groups is 1. The normalized spacial score (nSPS) is 20.6. The summed E-state index contributed by atoms with van der Waals surface area (Å²) in [6, 6.07) is 3.24. The van der Waals surface area contributed by atoms with E-state index in [1.807, 2.05) is 13.8 Å². The number of rotatable bonds is 3. The van der Waals surface area contributed by atoms with Gasteiger partial charge in [0.15, 0.2) is 0 Å². The third-order valence-electron chi connectivity index (χ3n) is 3.35. The van der Waals surface area contributed by atoms with Gasteiger partial charge in [0.05, 0.1) is 6.10 Å². The minimum absolute atomic E-state index is 0.0611. The third kappa shape index (κ3) is 2.52. The molecule has 1 aliphatic heterocycles. The Morgan fingerprint density at radius 3 is 2.83 bits per heavy atom. The van der Waals surface area contributed by atoms with Crippen LogP contribution in [-0.2, 0) is 13.0 Å². The Bertz CT molecular complexity index is 460. The molecule has 1 aromatic heterocycles. The number of carboxylic acids is 1. The number of pyridine rings is 1. The first-order chi connectivity index (χ1) is 8.49. The van der Waals surface area contributed by atoms with Crippen molar-refractivity contribution in [1.29, 1.82) is 0 Å². The van der Waals surface area contributed by atoms with Gasteiger partial charge < -0.3 is 15.5 Å². The minimum Gasteiger partial charge on any atom is -0.477 e. The van der Waals surface area contributed by atoms with Gasteiger partial charge in [-0.15, -0.1) is 0 Å². The van der Waals surface area contributed by atoms with Crippen LogP contribution in [0, 0.1) is 5.92 Å². The zero-order valence-electron chi connectivity index (χ0n) is 10.6. The van der Waals surface area contributed by atoms with E-state index in [4.69, 9.17) is 5.11 Å². The molecule has 18 heavy (non-hydrogen) atoms. The van der Waals surface area contributed by atoms with Crippen LogP contribution in [0.3, 0.4) is 0 Å². The molecule has 3 N–H and O–H groups in total. The fourth-order valence-corrected chi connectivity index (χ4v) is 2.21. The second-order valence-corrected chi connectivity index (χ2v) is 5.03. The van der Waals surface area contributed by atoms with Crippen molar-refractivity contribution >= 4 is 5.97 Å². The van der Waals surface area contributed by atoms with Crippen LogP contribution in [-0.4, -0.2) is 33.3 Å². The van der Waals surface area contributed by atoms with Crippen LogP contribution < -0.4 is 5.32 Å². The fourth-order valence-electron chi connectivity index (χ4n) is 2.21. The maximum atomic E-state index is 10.9. The van der Waals surface area contributed by atoms with Crippen molar-refractivity contribution in [2.45, 2.75) is 39.0 Å². The standard InChI is InChI=1S/C13H18N2O3/c1-7(2)12(16)11-5-10-8(6-14-11)3-4-9(15-10)13(17)18/h3-4,7,11-12,14,16H,5-6H2,1-2H3,(H,17,18). The zero-order chi connectivity index (χ0) is 13.3. The van der Waals surface area contributed by atoms with Crippen LogP contribution in [0.5, 0.6) is 0 Å². The molecule has 2 heterocycles. The SMILES string of the molecule is CC(C)C(O)C1Cc2nc(C(=O)O)ccc2CN1. The molecule has 2 unspecified atom stereocenters. The molecular weight excluding hydrogens is 232 g/mol. The van der Waals surface area contributed by atoms with Gasteiger partial charge in [0, 0.05) is 24.7 Å². The highest BCUT2D eigenvalue weighted by Crippen LogP contribution is 2.19. The van der Waals surface area contributed by atoms with Crippen molar-refractivity contribution in [3.8, 4) is 0 Å². The first-order valence-electron chi connectivity index (χ1n) is 6.12. The summed E-state index contributed by atoms with van der Waals surface area (Å²) in [7, 11) is 0. The number of hydrogen-bond acceptors (Lipinski definition) is 4. The molecule has 0 fully saturated rings. The van der Waals surface area contributed by atoms with E-state index in [2.05, 4.69) is 10.3 Å². The molecule has 0 saturated carbocycles. The van der Waals surface area contributed by atoms with E-state index < -0.39 is 12.1 Å². The molecular formula is C13H18N2O3. The van der Waals surface area contributed by atoms with Crippen molar-refractivity contribution in [3.05, 3.63) is 29.1 Å². The Kier molecular flexibility index (Phi) is 3.63. The van der Waals surface area contributed by atoms with Crippen molar-refractivity contribution in [2.24, 2.45) is 5.92 Å². The van der Waals surface area contributed by atoms with E-state index in [9.17, 15) is 9.90 Å². The Hall–Kier alpha value is -1.46. The second kappa shape index (κ2) is 5.04. The number of carboxylic acid groups (broad SMARTS) is 1. The van der Waals surface area contributed by atoms with E-state index in [0.29, 0.717) is 13.0 Å². The maximum absolute atomic E-state index is 10.9.